The average molecular weight is 615 g/mol. The van der Waals surface area contributed by atoms with E-state index in [4.69, 9.17) is 0 Å². The Morgan fingerprint density at radius 3 is 1.30 bits per heavy atom. The van der Waals surface area contributed by atoms with Crippen molar-refractivity contribution in [3.8, 4) is 33.8 Å². The highest BCUT2D eigenvalue weighted by atomic mass is 19.4. The predicted molar refractivity (Wildman–Crippen MR) is 162 cm³/mol. The number of hydrogen-bond acceptors (Lipinski definition) is 2. The molecule has 0 heterocycles. The molecule has 4 aromatic rings. The fraction of sp³-hybridized carbons (Fsp3) is 0.333. The van der Waals surface area contributed by atoms with Crippen LogP contribution in [0.5, 0.6) is 11.5 Å². The molecule has 0 N–H and O–H groups in total. The van der Waals surface area contributed by atoms with Crippen molar-refractivity contribution in [1.29, 1.82) is 0 Å². The zero-order valence-corrected chi connectivity index (χ0v) is 24.6. The van der Waals surface area contributed by atoms with Gasteiger partial charge in [0.25, 0.3) is 0 Å². The van der Waals surface area contributed by atoms with Crippen molar-refractivity contribution >= 4 is 0 Å². The quantitative estimate of drug-likeness (QED) is 0.104. The molecule has 0 bridgehead atoms. The lowest BCUT2D eigenvalue weighted by molar-refractivity contribution is -0.275. The van der Waals surface area contributed by atoms with Crippen molar-refractivity contribution in [2.75, 3.05) is 0 Å². The summed E-state index contributed by atoms with van der Waals surface area (Å²) >= 11 is 0. The van der Waals surface area contributed by atoms with Crippen LogP contribution >= 0.6 is 0 Å². The summed E-state index contributed by atoms with van der Waals surface area (Å²) in [4.78, 5) is 0. The van der Waals surface area contributed by atoms with Crippen LogP contribution in [-0.4, -0.2) is 12.7 Å². The Bertz CT molecular complexity index is 1440. The van der Waals surface area contributed by atoms with Gasteiger partial charge in [0, 0.05) is 0 Å². The standard InChI is InChI=1S/C36H36F6O2/c1-26-25-32(31-19-23-34(24-20-31)44-36(40,41)42)16-15-28(26)10-8-6-4-2-3-5-7-9-27-11-13-29(14-12-27)30-17-21-33(22-18-30)43-35(37,38)39/h11-25H,2-10H2,1H3. The van der Waals surface area contributed by atoms with Crippen molar-refractivity contribution < 1.29 is 35.8 Å². The van der Waals surface area contributed by atoms with Crippen molar-refractivity contribution in [3.05, 3.63) is 108 Å². The van der Waals surface area contributed by atoms with Crippen molar-refractivity contribution in [2.45, 2.75) is 77.4 Å². The summed E-state index contributed by atoms with van der Waals surface area (Å²) in [5.74, 6) is -0.454. The van der Waals surface area contributed by atoms with E-state index in [0.717, 1.165) is 47.9 Å². The monoisotopic (exact) mass is 614 g/mol. The fourth-order valence-electron chi connectivity index (χ4n) is 5.25. The molecule has 2 nitrogen and oxygen atoms in total. The van der Waals surface area contributed by atoms with Gasteiger partial charge in [-0.3, -0.25) is 0 Å². The van der Waals surface area contributed by atoms with Crippen molar-refractivity contribution in [2.24, 2.45) is 0 Å². The molecular formula is C36H36F6O2. The summed E-state index contributed by atoms with van der Waals surface area (Å²) < 4.78 is 82.1. The van der Waals surface area contributed by atoms with Crippen LogP contribution < -0.4 is 9.47 Å². The van der Waals surface area contributed by atoms with Crippen LogP contribution in [0.1, 0.15) is 61.6 Å². The summed E-state index contributed by atoms with van der Waals surface area (Å²) in [5.41, 5.74) is 7.33. The van der Waals surface area contributed by atoms with Crippen LogP contribution in [-0.2, 0) is 12.8 Å². The molecule has 0 radical (unpaired) electrons. The maximum atomic E-state index is 12.4. The molecule has 0 amide bonds. The minimum absolute atomic E-state index is 0.226. The van der Waals surface area contributed by atoms with E-state index in [1.807, 2.05) is 18.2 Å². The van der Waals surface area contributed by atoms with Gasteiger partial charge >= 0.3 is 12.7 Å². The van der Waals surface area contributed by atoms with E-state index < -0.39 is 12.7 Å². The second-order valence-electron chi connectivity index (χ2n) is 11.0. The first kappa shape index (κ1) is 33.0. The van der Waals surface area contributed by atoms with Crippen molar-refractivity contribution in [3.63, 3.8) is 0 Å². The zero-order valence-electron chi connectivity index (χ0n) is 24.6. The highest BCUT2D eigenvalue weighted by molar-refractivity contribution is 5.66. The lowest BCUT2D eigenvalue weighted by Gasteiger charge is -2.11. The zero-order chi connectivity index (χ0) is 31.6. The Balaban J connectivity index is 1.09. The number of unbranched alkanes of at least 4 members (excludes halogenated alkanes) is 6. The Morgan fingerprint density at radius 2 is 0.841 bits per heavy atom. The summed E-state index contributed by atoms with van der Waals surface area (Å²) in [6, 6.07) is 26.2. The average Bonchev–Trinajstić information content (AvgIpc) is 2.96. The Kier molecular flexibility index (Phi) is 11.4. The minimum atomic E-state index is -4.70. The van der Waals surface area contributed by atoms with E-state index in [1.165, 1.54) is 73.1 Å². The second-order valence-corrected chi connectivity index (χ2v) is 11.0. The van der Waals surface area contributed by atoms with E-state index in [2.05, 4.69) is 40.7 Å². The van der Waals surface area contributed by atoms with Gasteiger partial charge in [-0.1, -0.05) is 98.8 Å². The van der Waals surface area contributed by atoms with Crippen LogP contribution in [0, 0.1) is 6.92 Å². The van der Waals surface area contributed by atoms with Crippen LogP contribution in [0.3, 0.4) is 0 Å². The molecule has 0 fully saturated rings. The van der Waals surface area contributed by atoms with E-state index in [0.29, 0.717) is 0 Å². The predicted octanol–water partition coefficient (Wildman–Crippen LogP) is 11.6. The van der Waals surface area contributed by atoms with Crippen LogP contribution in [0.25, 0.3) is 22.3 Å². The number of benzene rings is 4. The van der Waals surface area contributed by atoms with Crippen molar-refractivity contribution in [1.82, 2.24) is 0 Å². The summed E-state index contributed by atoms with van der Waals surface area (Å²) in [5, 5.41) is 0. The normalized spacial score (nSPS) is 11.9. The maximum Gasteiger partial charge on any atom is 0.573 e. The molecule has 8 heteroatoms. The molecule has 0 saturated carbocycles. The van der Waals surface area contributed by atoms with Gasteiger partial charge in [0.05, 0.1) is 0 Å². The Hall–Kier alpha value is -3.94. The number of ether oxygens (including phenoxy) is 2. The molecule has 0 spiro atoms. The molecule has 44 heavy (non-hydrogen) atoms. The first-order chi connectivity index (χ1) is 20.9. The molecule has 0 aliphatic heterocycles. The molecule has 0 unspecified atom stereocenters. The molecule has 0 aliphatic carbocycles. The van der Waals surface area contributed by atoms with E-state index >= 15 is 0 Å². The molecule has 4 aromatic carbocycles. The highest BCUT2D eigenvalue weighted by Crippen LogP contribution is 2.29. The second kappa shape index (κ2) is 15.2. The van der Waals surface area contributed by atoms with Gasteiger partial charge in [-0.15, -0.1) is 26.3 Å². The van der Waals surface area contributed by atoms with Crippen LogP contribution in [0.2, 0.25) is 0 Å². The summed E-state index contributed by atoms with van der Waals surface area (Å²) in [6.07, 6.45) is 0.806. The number of aryl methyl sites for hydroxylation is 3. The van der Waals surface area contributed by atoms with Crippen LogP contribution in [0.4, 0.5) is 26.3 Å². The smallest absolute Gasteiger partial charge is 0.406 e. The van der Waals surface area contributed by atoms with E-state index in [-0.39, 0.29) is 11.5 Å². The fourth-order valence-corrected chi connectivity index (χ4v) is 5.25. The molecule has 0 aromatic heterocycles. The first-order valence-corrected chi connectivity index (χ1v) is 14.9. The van der Waals surface area contributed by atoms with Gasteiger partial charge < -0.3 is 9.47 Å². The third kappa shape index (κ3) is 11.0. The largest absolute Gasteiger partial charge is 0.573 e. The molecule has 0 saturated heterocycles. The topological polar surface area (TPSA) is 18.5 Å². The third-order valence-corrected chi connectivity index (χ3v) is 7.55. The SMILES string of the molecule is Cc1cc(-c2ccc(OC(F)(F)F)cc2)ccc1CCCCCCCCCc1ccc(-c2ccc(OC(F)(F)F)cc2)cc1. The van der Waals surface area contributed by atoms with Gasteiger partial charge in [0.2, 0.25) is 0 Å². The number of rotatable bonds is 14. The van der Waals surface area contributed by atoms with Gasteiger partial charge in [-0.2, -0.15) is 0 Å². The number of alkyl halides is 6. The Labute approximate surface area is 254 Å². The van der Waals surface area contributed by atoms with Gasteiger partial charge in [0.1, 0.15) is 11.5 Å². The maximum absolute atomic E-state index is 12.4. The van der Waals surface area contributed by atoms with Gasteiger partial charge in [-0.25, -0.2) is 0 Å². The molecule has 0 atom stereocenters. The molecular weight excluding hydrogens is 578 g/mol. The lowest BCUT2D eigenvalue weighted by Crippen LogP contribution is -2.16. The van der Waals surface area contributed by atoms with Crippen LogP contribution in [0.15, 0.2) is 91.0 Å². The summed E-state index contributed by atoms with van der Waals surface area (Å²) in [7, 11) is 0. The Morgan fingerprint density at radius 1 is 0.455 bits per heavy atom. The molecule has 4 rings (SSSR count). The number of halogens is 6. The van der Waals surface area contributed by atoms with Gasteiger partial charge in [-0.05, 0) is 95.8 Å². The summed E-state index contributed by atoms with van der Waals surface area (Å²) in [6.45, 7) is 2.07. The first-order valence-electron chi connectivity index (χ1n) is 14.9. The minimum Gasteiger partial charge on any atom is -0.406 e. The van der Waals surface area contributed by atoms with Gasteiger partial charge in [0.15, 0.2) is 0 Å². The van der Waals surface area contributed by atoms with E-state index in [9.17, 15) is 26.3 Å². The highest BCUT2D eigenvalue weighted by Gasteiger charge is 2.31. The molecule has 0 aliphatic rings. The van der Waals surface area contributed by atoms with E-state index in [1.54, 1.807) is 24.3 Å². The lowest BCUT2D eigenvalue weighted by atomic mass is 9.96. The third-order valence-electron chi connectivity index (χ3n) is 7.55. The molecule has 234 valence electrons. The number of hydrogen-bond donors (Lipinski definition) is 0.